The highest BCUT2D eigenvalue weighted by Crippen LogP contribution is 2.37. The Labute approximate surface area is 170 Å². The van der Waals surface area contributed by atoms with Crippen molar-refractivity contribution in [2.75, 3.05) is 0 Å². The van der Waals surface area contributed by atoms with Crippen LogP contribution in [0.15, 0.2) is 77.5 Å². The van der Waals surface area contributed by atoms with Gasteiger partial charge in [0.25, 0.3) is 0 Å². The first kappa shape index (κ1) is 17.6. The van der Waals surface area contributed by atoms with Gasteiger partial charge in [0.05, 0.1) is 5.69 Å². The van der Waals surface area contributed by atoms with Gasteiger partial charge in [-0.1, -0.05) is 50.2 Å². The molecule has 0 amide bonds. The van der Waals surface area contributed by atoms with Crippen LogP contribution in [0.5, 0.6) is 0 Å². The first-order valence-corrected chi connectivity index (χ1v) is 9.95. The van der Waals surface area contributed by atoms with E-state index >= 15 is 0 Å². The molecule has 0 saturated carbocycles. The Morgan fingerprint density at radius 1 is 0.793 bits per heavy atom. The van der Waals surface area contributed by atoms with Gasteiger partial charge in [0.2, 0.25) is 5.71 Å². The minimum absolute atomic E-state index is 0.496. The summed E-state index contributed by atoms with van der Waals surface area (Å²) in [5.74, 6) is 0.496. The largest absolute Gasteiger partial charge is 0.437 e. The summed E-state index contributed by atoms with van der Waals surface area (Å²) in [6.45, 7) is 6.54. The number of hydrogen-bond donors (Lipinski definition) is 0. The lowest BCUT2D eigenvalue weighted by atomic mass is 9.96. The quantitative estimate of drug-likeness (QED) is 0.335. The maximum atomic E-state index is 6.16. The zero-order valence-electron chi connectivity index (χ0n) is 16.8. The fourth-order valence-corrected chi connectivity index (χ4v) is 3.92. The molecule has 0 N–H and O–H groups in total. The lowest BCUT2D eigenvalue weighted by Gasteiger charge is -2.11. The molecule has 5 rings (SSSR count). The Morgan fingerprint density at radius 3 is 2.52 bits per heavy atom. The van der Waals surface area contributed by atoms with E-state index in [-0.39, 0.29) is 0 Å². The van der Waals surface area contributed by atoms with E-state index < -0.39 is 0 Å². The van der Waals surface area contributed by atoms with Crippen molar-refractivity contribution in [2.24, 2.45) is 0 Å². The standard InChI is InChI=1S/C26H22N2O/c1-16(2)18-6-4-7-19(14-18)20-11-13-27-23(15-20)24-17(3)9-10-21-22-8-5-12-28-26(22)29-25(21)24/h4-16H,1-3H3. The lowest BCUT2D eigenvalue weighted by molar-refractivity contribution is 0.654. The van der Waals surface area contributed by atoms with Gasteiger partial charge in [0.1, 0.15) is 5.58 Å². The van der Waals surface area contributed by atoms with Crippen LogP contribution in [0, 0.1) is 6.92 Å². The Balaban J connectivity index is 1.71. The van der Waals surface area contributed by atoms with Crippen LogP contribution in [0.3, 0.4) is 0 Å². The van der Waals surface area contributed by atoms with Crippen molar-refractivity contribution in [1.82, 2.24) is 9.97 Å². The Bertz CT molecular complexity index is 1350. The van der Waals surface area contributed by atoms with Crippen LogP contribution in [0.25, 0.3) is 44.5 Å². The van der Waals surface area contributed by atoms with Gasteiger partial charge in [-0.25, -0.2) is 4.98 Å². The molecule has 0 atom stereocenters. The highest BCUT2D eigenvalue weighted by atomic mass is 16.3. The molecular formula is C26H22N2O. The van der Waals surface area contributed by atoms with E-state index in [2.05, 4.69) is 80.4 Å². The highest BCUT2D eigenvalue weighted by molar-refractivity contribution is 6.09. The molecule has 2 aromatic carbocycles. The third-order valence-electron chi connectivity index (χ3n) is 5.53. The average Bonchev–Trinajstić information content (AvgIpc) is 3.12. The maximum Gasteiger partial charge on any atom is 0.227 e. The van der Waals surface area contributed by atoms with E-state index in [4.69, 9.17) is 9.40 Å². The maximum absolute atomic E-state index is 6.16. The van der Waals surface area contributed by atoms with Gasteiger partial charge in [-0.15, -0.1) is 0 Å². The fourth-order valence-electron chi connectivity index (χ4n) is 3.92. The van der Waals surface area contributed by atoms with Gasteiger partial charge in [-0.3, -0.25) is 4.98 Å². The van der Waals surface area contributed by atoms with E-state index in [1.807, 2.05) is 12.3 Å². The first-order valence-electron chi connectivity index (χ1n) is 9.95. The highest BCUT2D eigenvalue weighted by Gasteiger charge is 2.16. The average molecular weight is 378 g/mol. The van der Waals surface area contributed by atoms with E-state index in [0.29, 0.717) is 11.6 Å². The summed E-state index contributed by atoms with van der Waals surface area (Å²) < 4.78 is 6.16. The van der Waals surface area contributed by atoms with Crippen molar-refractivity contribution >= 4 is 22.1 Å². The summed E-state index contributed by atoms with van der Waals surface area (Å²) in [6.07, 6.45) is 3.64. The number of pyridine rings is 2. The van der Waals surface area contributed by atoms with Crippen molar-refractivity contribution in [3.8, 4) is 22.4 Å². The third kappa shape index (κ3) is 2.99. The molecule has 3 nitrogen and oxygen atoms in total. The molecule has 0 bridgehead atoms. The van der Waals surface area contributed by atoms with E-state index in [0.717, 1.165) is 38.7 Å². The molecule has 3 heteroatoms. The van der Waals surface area contributed by atoms with Crippen LogP contribution in [-0.4, -0.2) is 9.97 Å². The molecule has 0 aliphatic carbocycles. The molecule has 0 saturated heterocycles. The predicted octanol–water partition coefficient (Wildman–Crippen LogP) is 7.14. The summed E-state index contributed by atoms with van der Waals surface area (Å²) in [7, 11) is 0. The smallest absolute Gasteiger partial charge is 0.227 e. The summed E-state index contributed by atoms with van der Waals surface area (Å²) in [5, 5.41) is 2.10. The molecule has 3 heterocycles. The second kappa shape index (κ2) is 6.85. The second-order valence-electron chi connectivity index (χ2n) is 7.80. The van der Waals surface area contributed by atoms with Gasteiger partial charge in [0, 0.05) is 28.7 Å². The topological polar surface area (TPSA) is 38.9 Å². The number of aryl methyl sites for hydroxylation is 1. The Hall–Kier alpha value is -3.46. The number of benzene rings is 2. The van der Waals surface area contributed by atoms with Gasteiger partial charge in [-0.05, 0) is 59.4 Å². The zero-order chi connectivity index (χ0) is 20.0. The van der Waals surface area contributed by atoms with E-state index in [1.165, 1.54) is 11.1 Å². The van der Waals surface area contributed by atoms with Gasteiger partial charge in [0.15, 0.2) is 0 Å². The Morgan fingerprint density at radius 2 is 1.66 bits per heavy atom. The normalized spacial score (nSPS) is 11.6. The van der Waals surface area contributed by atoms with Crippen molar-refractivity contribution in [1.29, 1.82) is 0 Å². The van der Waals surface area contributed by atoms with Crippen molar-refractivity contribution in [2.45, 2.75) is 26.7 Å². The zero-order valence-corrected chi connectivity index (χ0v) is 16.8. The summed E-state index contributed by atoms with van der Waals surface area (Å²) in [6, 6.07) is 21.2. The molecule has 5 aromatic rings. The summed E-state index contributed by atoms with van der Waals surface area (Å²) in [5.41, 5.74) is 8.29. The molecule has 0 unspecified atom stereocenters. The first-order chi connectivity index (χ1) is 14.1. The van der Waals surface area contributed by atoms with Crippen LogP contribution in [0.1, 0.15) is 30.9 Å². The summed E-state index contributed by atoms with van der Waals surface area (Å²) in [4.78, 5) is 9.08. The minimum atomic E-state index is 0.496. The predicted molar refractivity (Wildman–Crippen MR) is 119 cm³/mol. The Kier molecular flexibility index (Phi) is 4.17. The molecule has 3 aromatic heterocycles. The van der Waals surface area contributed by atoms with Crippen molar-refractivity contribution in [3.63, 3.8) is 0 Å². The molecule has 142 valence electrons. The fraction of sp³-hybridized carbons (Fsp3) is 0.154. The second-order valence-corrected chi connectivity index (χ2v) is 7.80. The van der Waals surface area contributed by atoms with Gasteiger partial charge < -0.3 is 4.42 Å². The van der Waals surface area contributed by atoms with Crippen LogP contribution in [0.4, 0.5) is 0 Å². The van der Waals surface area contributed by atoms with Crippen molar-refractivity contribution < 1.29 is 4.42 Å². The van der Waals surface area contributed by atoms with Gasteiger partial charge >= 0.3 is 0 Å². The number of furan rings is 1. The van der Waals surface area contributed by atoms with Crippen molar-refractivity contribution in [3.05, 3.63) is 84.2 Å². The number of aromatic nitrogens is 2. The number of nitrogens with zero attached hydrogens (tertiary/aromatic N) is 2. The van der Waals surface area contributed by atoms with Crippen LogP contribution < -0.4 is 0 Å². The third-order valence-corrected chi connectivity index (χ3v) is 5.53. The van der Waals surface area contributed by atoms with Crippen LogP contribution in [0.2, 0.25) is 0 Å². The van der Waals surface area contributed by atoms with Crippen LogP contribution in [-0.2, 0) is 0 Å². The number of rotatable bonds is 3. The van der Waals surface area contributed by atoms with E-state index in [9.17, 15) is 0 Å². The summed E-state index contributed by atoms with van der Waals surface area (Å²) >= 11 is 0. The number of hydrogen-bond acceptors (Lipinski definition) is 3. The number of fused-ring (bicyclic) bond motifs is 3. The molecule has 0 radical (unpaired) electrons. The van der Waals surface area contributed by atoms with Crippen LogP contribution >= 0.6 is 0 Å². The van der Waals surface area contributed by atoms with E-state index in [1.54, 1.807) is 6.20 Å². The molecular weight excluding hydrogens is 356 g/mol. The SMILES string of the molecule is Cc1ccc2c(oc3ncccc32)c1-c1cc(-c2cccc(C(C)C)c2)ccn1. The monoisotopic (exact) mass is 378 g/mol. The van der Waals surface area contributed by atoms with Gasteiger partial charge in [-0.2, -0.15) is 0 Å². The minimum Gasteiger partial charge on any atom is -0.437 e. The molecule has 0 spiro atoms. The molecule has 0 aliphatic rings. The molecule has 0 aliphatic heterocycles. The molecule has 29 heavy (non-hydrogen) atoms. The molecule has 0 fully saturated rings. The lowest BCUT2D eigenvalue weighted by Crippen LogP contribution is -1.91.